The number of halogens is 4. The van der Waals surface area contributed by atoms with Crippen molar-refractivity contribution in [2.45, 2.75) is 12.6 Å². The minimum absolute atomic E-state index is 0.562. The molecule has 0 spiro atoms. The lowest BCUT2D eigenvalue weighted by Crippen LogP contribution is -2.14. The zero-order chi connectivity index (χ0) is 18.2. The molecule has 6 heteroatoms. The summed E-state index contributed by atoms with van der Waals surface area (Å²) in [6, 6.07) is 8.83. The molecule has 0 radical (unpaired) electrons. The summed E-state index contributed by atoms with van der Waals surface area (Å²) in [6.45, 7) is 0.883. The van der Waals surface area contributed by atoms with Gasteiger partial charge in [-0.15, -0.1) is 0 Å². The van der Waals surface area contributed by atoms with Gasteiger partial charge in [0.1, 0.15) is 0 Å². The molecule has 1 heterocycles. The molecule has 132 valence electrons. The molecule has 0 aliphatic heterocycles. The summed E-state index contributed by atoms with van der Waals surface area (Å²) in [6.07, 6.45) is -1.56. The minimum Gasteiger partial charge on any atom is -0.361 e. The first-order valence-corrected chi connectivity index (χ1v) is 8.26. The Balaban J connectivity index is 2.02. The normalized spacial score (nSPS) is 12.3. The highest BCUT2D eigenvalue weighted by atomic mass is 35.5. The molecule has 25 heavy (non-hydrogen) atoms. The third kappa shape index (κ3) is 3.67. The van der Waals surface area contributed by atoms with Crippen LogP contribution in [0.3, 0.4) is 0 Å². The first-order valence-electron chi connectivity index (χ1n) is 7.88. The third-order valence-corrected chi connectivity index (χ3v) is 4.61. The summed E-state index contributed by atoms with van der Waals surface area (Å²) < 4.78 is 38.2. The van der Waals surface area contributed by atoms with Crippen LogP contribution in [0.15, 0.2) is 42.6 Å². The van der Waals surface area contributed by atoms with Crippen molar-refractivity contribution in [3.05, 3.63) is 58.7 Å². The van der Waals surface area contributed by atoms with Gasteiger partial charge in [-0.25, -0.2) is 0 Å². The zero-order valence-electron chi connectivity index (χ0n) is 13.9. The van der Waals surface area contributed by atoms with Crippen molar-refractivity contribution >= 4 is 22.5 Å². The number of likely N-dealkylation sites (N-methyl/N-ethyl adjacent to an activating group) is 1. The molecule has 0 fully saturated rings. The van der Waals surface area contributed by atoms with Crippen molar-refractivity contribution in [1.82, 2.24) is 9.88 Å². The van der Waals surface area contributed by atoms with Crippen molar-refractivity contribution < 1.29 is 13.2 Å². The molecule has 0 bridgehead atoms. The van der Waals surface area contributed by atoms with Crippen LogP contribution in [0.5, 0.6) is 0 Å². The Kier molecular flexibility index (Phi) is 4.80. The van der Waals surface area contributed by atoms with E-state index in [-0.39, 0.29) is 0 Å². The Morgan fingerprint density at radius 1 is 1.04 bits per heavy atom. The van der Waals surface area contributed by atoms with Gasteiger partial charge in [-0.3, -0.25) is 0 Å². The van der Waals surface area contributed by atoms with Gasteiger partial charge in [-0.1, -0.05) is 29.8 Å². The van der Waals surface area contributed by atoms with Gasteiger partial charge in [0.2, 0.25) is 0 Å². The second kappa shape index (κ2) is 6.73. The number of alkyl halides is 3. The summed E-state index contributed by atoms with van der Waals surface area (Å²) in [5.41, 5.74) is 2.76. The number of nitrogens with zero attached hydrogens (tertiary/aromatic N) is 1. The van der Waals surface area contributed by atoms with E-state index in [1.807, 2.05) is 32.4 Å². The van der Waals surface area contributed by atoms with Crippen LogP contribution >= 0.6 is 11.6 Å². The Hall–Kier alpha value is -1.98. The van der Waals surface area contributed by atoms with E-state index >= 15 is 0 Å². The van der Waals surface area contributed by atoms with Gasteiger partial charge in [0.25, 0.3) is 0 Å². The van der Waals surface area contributed by atoms with E-state index in [4.69, 9.17) is 11.6 Å². The molecule has 0 saturated heterocycles. The molecule has 0 unspecified atom stereocenters. The average molecular weight is 367 g/mol. The van der Waals surface area contributed by atoms with Crippen molar-refractivity contribution in [2.24, 2.45) is 0 Å². The van der Waals surface area contributed by atoms with Crippen LogP contribution in [-0.4, -0.2) is 30.5 Å². The zero-order valence-corrected chi connectivity index (χ0v) is 14.7. The van der Waals surface area contributed by atoms with Gasteiger partial charge in [0.15, 0.2) is 0 Å². The molecule has 1 aromatic heterocycles. The monoisotopic (exact) mass is 366 g/mol. The number of benzene rings is 2. The van der Waals surface area contributed by atoms with E-state index in [0.29, 0.717) is 10.6 Å². The standard InChI is InChI=1S/C19H18ClF3N2/c1-25(2)10-9-13-11-24-16-8-7-15(18(20)17(13)16)12-3-5-14(6-4-12)19(21,22)23/h3-8,11,24H,9-10H2,1-2H3. The summed E-state index contributed by atoms with van der Waals surface area (Å²) >= 11 is 6.61. The highest BCUT2D eigenvalue weighted by molar-refractivity contribution is 6.38. The fraction of sp³-hybridized carbons (Fsp3) is 0.263. The largest absolute Gasteiger partial charge is 0.416 e. The van der Waals surface area contributed by atoms with Gasteiger partial charge in [-0.05, 0) is 49.8 Å². The molecule has 2 nitrogen and oxygen atoms in total. The van der Waals surface area contributed by atoms with Gasteiger partial charge in [-0.2, -0.15) is 13.2 Å². The molecular weight excluding hydrogens is 349 g/mol. The van der Waals surface area contributed by atoms with Crippen LogP contribution in [0.4, 0.5) is 13.2 Å². The lowest BCUT2D eigenvalue weighted by molar-refractivity contribution is -0.137. The van der Waals surface area contributed by atoms with Crippen molar-refractivity contribution in [2.75, 3.05) is 20.6 Å². The van der Waals surface area contributed by atoms with Crippen molar-refractivity contribution in [3.8, 4) is 11.1 Å². The Morgan fingerprint density at radius 2 is 1.72 bits per heavy atom. The molecule has 3 rings (SSSR count). The maximum atomic E-state index is 12.7. The topological polar surface area (TPSA) is 19.0 Å². The van der Waals surface area contributed by atoms with E-state index in [1.54, 1.807) is 0 Å². The highest BCUT2D eigenvalue weighted by Gasteiger charge is 2.30. The number of fused-ring (bicyclic) bond motifs is 1. The number of rotatable bonds is 4. The van der Waals surface area contributed by atoms with Gasteiger partial charge < -0.3 is 9.88 Å². The maximum absolute atomic E-state index is 12.7. The van der Waals surface area contributed by atoms with Crippen LogP contribution in [0.2, 0.25) is 5.02 Å². The predicted molar refractivity (Wildman–Crippen MR) is 96.0 cm³/mol. The fourth-order valence-electron chi connectivity index (χ4n) is 2.85. The van der Waals surface area contributed by atoms with E-state index < -0.39 is 11.7 Å². The second-order valence-electron chi connectivity index (χ2n) is 6.29. The van der Waals surface area contributed by atoms with Gasteiger partial charge in [0.05, 0.1) is 10.6 Å². The molecule has 0 aliphatic rings. The minimum atomic E-state index is -4.34. The number of nitrogens with one attached hydrogen (secondary N) is 1. The number of aromatic amines is 1. The van der Waals surface area contributed by atoms with E-state index in [9.17, 15) is 13.2 Å². The Morgan fingerprint density at radius 3 is 2.32 bits per heavy atom. The first kappa shape index (κ1) is 17.8. The van der Waals surface area contributed by atoms with Crippen LogP contribution < -0.4 is 0 Å². The van der Waals surface area contributed by atoms with E-state index in [1.165, 1.54) is 12.1 Å². The van der Waals surface area contributed by atoms with E-state index in [2.05, 4.69) is 9.88 Å². The molecule has 1 N–H and O–H groups in total. The van der Waals surface area contributed by atoms with Crippen LogP contribution in [-0.2, 0) is 12.6 Å². The molecular formula is C19H18ClF3N2. The van der Waals surface area contributed by atoms with Gasteiger partial charge >= 0.3 is 6.18 Å². The SMILES string of the molecule is CN(C)CCc1c[nH]c2ccc(-c3ccc(C(F)(F)F)cc3)c(Cl)c12. The van der Waals surface area contributed by atoms with Crippen molar-refractivity contribution in [1.29, 1.82) is 0 Å². The quantitative estimate of drug-likeness (QED) is 0.635. The third-order valence-electron chi connectivity index (χ3n) is 4.22. The molecule has 0 amide bonds. The van der Waals surface area contributed by atoms with Crippen LogP contribution in [0.1, 0.15) is 11.1 Å². The number of H-pyrrole nitrogens is 1. The lowest BCUT2D eigenvalue weighted by atomic mass is 10.00. The van der Waals surface area contributed by atoms with E-state index in [0.717, 1.165) is 47.1 Å². The summed E-state index contributed by atoms with van der Waals surface area (Å²) in [4.78, 5) is 5.30. The summed E-state index contributed by atoms with van der Waals surface area (Å²) in [7, 11) is 4.01. The Bertz CT molecular complexity index is 880. The molecule has 0 aliphatic carbocycles. The summed E-state index contributed by atoms with van der Waals surface area (Å²) in [5.74, 6) is 0. The Labute approximate surface area is 149 Å². The molecule has 0 atom stereocenters. The highest BCUT2D eigenvalue weighted by Crippen LogP contribution is 2.37. The smallest absolute Gasteiger partial charge is 0.361 e. The molecule has 2 aromatic carbocycles. The predicted octanol–water partition coefficient (Wildman–Crippen LogP) is 5.61. The molecule has 0 saturated carbocycles. The van der Waals surface area contributed by atoms with Crippen LogP contribution in [0.25, 0.3) is 22.0 Å². The molecule has 3 aromatic rings. The lowest BCUT2D eigenvalue weighted by Gasteiger charge is -2.11. The maximum Gasteiger partial charge on any atom is 0.416 e. The fourth-order valence-corrected chi connectivity index (χ4v) is 3.25. The number of hydrogen-bond acceptors (Lipinski definition) is 1. The first-order chi connectivity index (χ1) is 11.8. The van der Waals surface area contributed by atoms with Crippen LogP contribution in [0, 0.1) is 0 Å². The summed E-state index contributed by atoms with van der Waals surface area (Å²) in [5, 5.41) is 1.49. The number of hydrogen-bond donors (Lipinski definition) is 1. The number of aromatic nitrogens is 1. The second-order valence-corrected chi connectivity index (χ2v) is 6.67. The average Bonchev–Trinajstić information content (AvgIpc) is 2.96. The van der Waals surface area contributed by atoms with Crippen molar-refractivity contribution in [3.63, 3.8) is 0 Å². The van der Waals surface area contributed by atoms with Gasteiger partial charge in [0, 0.05) is 29.2 Å².